The van der Waals surface area contributed by atoms with Crippen LogP contribution in [0.25, 0.3) is 22.2 Å². The minimum Gasteiger partial charge on any atom is -0.449 e. The first-order valence-electron chi connectivity index (χ1n) is 13.2. The fourth-order valence-electron chi connectivity index (χ4n) is 5.10. The van der Waals surface area contributed by atoms with Gasteiger partial charge in [-0.2, -0.15) is 0 Å². The molecular formula is C32H33N3O3. The number of rotatable bonds is 4. The number of anilines is 2. The van der Waals surface area contributed by atoms with E-state index in [4.69, 9.17) is 9.72 Å². The molecule has 0 bridgehead atoms. The number of hydrogen-bond acceptors (Lipinski definition) is 4. The Morgan fingerprint density at radius 2 is 1.61 bits per heavy atom. The summed E-state index contributed by atoms with van der Waals surface area (Å²) in [7, 11) is 0. The van der Waals surface area contributed by atoms with Crippen molar-refractivity contribution in [3.05, 3.63) is 89.0 Å². The number of fused-ring (bicyclic) bond motifs is 2. The van der Waals surface area contributed by atoms with Gasteiger partial charge in [0.2, 0.25) is 0 Å². The Kier molecular flexibility index (Phi) is 6.89. The molecular weight excluding hydrogens is 474 g/mol. The van der Waals surface area contributed by atoms with Crippen molar-refractivity contribution < 1.29 is 14.3 Å². The number of carbonyl (C=O) groups excluding carboxylic acids is 2. The third-order valence-corrected chi connectivity index (χ3v) is 7.37. The van der Waals surface area contributed by atoms with Gasteiger partial charge in [0.1, 0.15) is 0 Å². The third-order valence-electron chi connectivity index (χ3n) is 7.37. The van der Waals surface area contributed by atoms with Gasteiger partial charge in [0.05, 0.1) is 40.8 Å². The van der Waals surface area contributed by atoms with Gasteiger partial charge in [0.15, 0.2) is 0 Å². The first-order valence-corrected chi connectivity index (χ1v) is 13.2. The zero-order valence-electron chi connectivity index (χ0n) is 22.6. The first kappa shape index (κ1) is 25.5. The summed E-state index contributed by atoms with van der Waals surface area (Å²) in [5.41, 5.74) is 7.77. The molecule has 0 saturated heterocycles. The SMILES string of the molecule is CCOC(=O)N1c2cc(C)c(C)cc2N(C(=O)c2cc(-c3ccc(C)cc3)nc3ccccc23)CC1CC. The van der Waals surface area contributed by atoms with Crippen LogP contribution in [0.1, 0.15) is 47.3 Å². The van der Waals surface area contributed by atoms with Gasteiger partial charge in [0, 0.05) is 17.5 Å². The second kappa shape index (κ2) is 10.3. The number of para-hydroxylation sites is 1. The molecule has 1 aliphatic rings. The maximum absolute atomic E-state index is 14.4. The normalized spacial score (nSPS) is 14.9. The zero-order chi connectivity index (χ0) is 27.0. The molecule has 38 heavy (non-hydrogen) atoms. The number of aryl methyl sites for hydroxylation is 3. The van der Waals surface area contributed by atoms with Crippen LogP contribution in [0, 0.1) is 20.8 Å². The predicted molar refractivity (Wildman–Crippen MR) is 153 cm³/mol. The number of aromatic nitrogens is 1. The molecule has 5 rings (SSSR count). The molecule has 6 nitrogen and oxygen atoms in total. The van der Waals surface area contributed by atoms with Crippen LogP contribution in [-0.4, -0.2) is 36.2 Å². The molecule has 0 aliphatic carbocycles. The molecule has 0 spiro atoms. The molecule has 6 heteroatoms. The van der Waals surface area contributed by atoms with E-state index in [1.54, 1.807) is 11.8 Å². The summed E-state index contributed by atoms with van der Waals surface area (Å²) in [6.45, 7) is 10.6. The summed E-state index contributed by atoms with van der Waals surface area (Å²) in [5, 5.41) is 0.805. The van der Waals surface area contributed by atoms with Gasteiger partial charge in [-0.3, -0.25) is 9.69 Å². The lowest BCUT2D eigenvalue weighted by atomic mass is 9.98. The maximum Gasteiger partial charge on any atom is 0.414 e. The standard InChI is InChI=1S/C32H33N3O3/c1-6-24-19-34(29-16-21(4)22(5)17-30(29)35(24)32(37)38-7-2)31(36)26-18-28(23-14-12-20(3)13-15-23)33-27-11-9-8-10-25(26)27/h8-18,24H,6-7,19H2,1-5H3. The second-order valence-electron chi connectivity index (χ2n) is 9.91. The van der Waals surface area contributed by atoms with Crippen LogP contribution in [0.2, 0.25) is 0 Å². The van der Waals surface area contributed by atoms with Gasteiger partial charge >= 0.3 is 6.09 Å². The van der Waals surface area contributed by atoms with Crippen molar-refractivity contribution in [3.63, 3.8) is 0 Å². The number of amides is 2. The van der Waals surface area contributed by atoms with Crippen LogP contribution in [0.15, 0.2) is 66.7 Å². The Labute approximate surface area is 223 Å². The van der Waals surface area contributed by atoms with E-state index in [0.29, 0.717) is 36.5 Å². The quantitative estimate of drug-likeness (QED) is 0.292. The van der Waals surface area contributed by atoms with Crippen LogP contribution in [0.4, 0.5) is 16.2 Å². The molecule has 1 atom stereocenters. The summed E-state index contributed by atoms with van der Waals surface area (Å²) in [4.78, 5) is 35.9. The van der Waals surface area contributed by atoms with Crippen LogP contribution in [0.5, 0.6) is 0 Å². The molecule has 0 fully saturated rings. The molecule has 0 N–H and O–H groups in total. The average Bonchev–Trinajstić information content (AvgIpc) is 2.92. The highest BCUT2D eigenvalue weighted by Gasteiger charge is 2.38. The summed E-state index contributed by atoms with van der Waals surface area (Å²) < 4.78 is 5.43. The lowest BCUT2D eigenvalue weighted by Crippen LogP contribution is -2.53. The monoisotopic (exact) mass is 507 g/mol. The van der Waals surface area contributed by atoms with Crippen molar-refractivity contribution in [1.82, 2.24) is 4.98 Å². The van der Waals surface area contributed by atoms with Crippen molar-refractivity contribution in [3.8, 4) is 11.3 Å². The van der Waals surface area contributed by atoms with E-state index in [0.717, 1.165) is 38.9 Å². The van der Waals surface area contributed by atoms with Gasteiger partial charge in [0.25, 0.3) is 5.91 Å². The fourth-order valence-corrected chi connectivity index (χ4v) is 5.10. The molecule has 0 radical (unpaired) electrons. The van der Waals surface area contributed by atoms with Crippen molar-refractivity contribution in [2.24, 2.45) is 0 Å². The number of ether oxygens (including phenoxy) is 1. The van der Waals surface area contributed by atoms with Crippen molar-refractivity contribution in [2.75, 3.05) is 23.0 Å². The van der Waals surface area contributed by atoms with Crippen molar-refractivity contribution in [2.45, 2.75) is 47.1 Å². The maximum atomic E-state index is 14.4. The highest BCUT2D eigenvalue weighted by molar-refractivity contribution is 6.16. The molecule has 0 saturated carbocycles. The van der Waals surface area contributed by atoms with Crippen LogP contribution in [0.3, 0.4) is 0 Å². The largest absolute Gasteiger partial charge is 0.449 e. The van der Waals surface area contributed by atoms with E-state index >= 15 is 0 Å². The van der Waals surface area contributed by atoms with E-state index in [1.807, 2.05) is 87.2 Å². The Balaban J connectivity index is 1.68. The van der Waals surface area contributed by atoms with E-state index in [9.17, 15) is 9.59 Å². The van der Waals surface area contributed by atoms with Gasteiger partial charge in [-0.05, 0) is 69.5 Å². The van der Waals surface area contributed by atoms with Crippen LogP contribution >= 0.6 is 0 Å². The summed E-state index contributed by atoms with van der Waals surface area (Å²) in [6, 6.07) is 21.6. The Morgan fingerprint density at radius 3 is 2.29 bits per heavy atom. The molecule has 1 aliphatic heterocycles. The summed E-state index contributed by atoms with van der Waals surface area (Å²) >= 11 is 0. The highest BCUT2D eigenvalue weighted by atomic mass is 16.6. The minimum atomic E-state index is -0.382. The second-order valence-corrected chi connectivity index (χ2v) is 9.91. The van der Waals surface area contributed by atoms with Gasteiger partial charge < -0.3 is 9.64 Å². The van der Waals surface area contributed by atoms with Gasteiger partial charge in [-0.15, -0.1) is 0 Å². The lowest BCUT2D eigenvalue weighted by Gasteiger charge is -2.42. The smallest absolute Gasteiger partial charge is 0.414 e. The molecule has 194 valence electrons. The number of carbonyl (C=O) groups is 2. The fraction of sp³-hybridized carbons (Fsp3) is 0.281. The van der Waals surface area contributed by atoms with Gasteiger partial charge in [-0.1, -0.05) is 55.0 Å². The Morgan fingerprint density at radius 1 is 0.921 bits per heavy atom. The average molecular weight is 508 g/mol. The van der Waals surface area contributed by atoms with E-state index < -0.39 is 0 Å². The van der Waals surface area contributed by atoms with Crippen molar-refractivity contribution >= 4 is 34.3 Å². The zero-order valence-corrected chi connectivity index (χ0v) is 22.6. The van der Waals surface area contributed by atoms with E-state index in [-0.39, 0.29) is 18.0 Å². The number of benzene rings is 3. The summed E-state index contributed by atoms with van der Waals surface area (Å²) in [6.07, 6.45) is 0.299. The van der Waals surface area contributed by atoms with E-state index in [1.165, 1.54) is 0 Å². The molecule has 3 aromatic carbocycles. The molecule has 2 amide bonds. The first-order chi connectivity index (χ1) is 18.3. The lowest BCUT2D eigenvalue weighted by molar-refractivity contribution is 0.0983. The molecule has 4 aromatic rings. The Bertz CT molecular complexity index is 1530. The number of pyridine rings is 1. The number of hydrogen-bond donors (Lipinski definition) is 0. The summed E-state index contributed by atoms with van der Waals surface area (Å²) in [5.74, 6) is -0.108. The van der Waals surface area contributed by atoms with E-state index in [2.05, 4.69) is 12.1 Å². The highest BCUT2D eigenvalue weighted by Crippen LogP contribution is 2.40. The van der Waals surface area contributed by atoms with Crippen LogP contribution < -0.4 is 9.80 Å². The molecule has 1 aromatic heterocycles. The van der Waals surface area contributed by atoms with Gasteiger partial charge in [-0.25, -0.2) is 9.78 Å². The minimum absolute atomic E-state index is 0.108. The van der Waals surface area contributed by atoms with Crippen LogP contribution in [-0.2, 0) is 4.74 Å². The molecule has 2 heterocycles. The predicted octanol–water partition coefficient (Wildman–Crippen LogP) is 7.23. The molecule has 1 unspecified atom stereocenters. The Hall–Kier alpha value is -4.19. The third kappa shape index (κ3) is 4.51. The number of nitrogens with zero attached hydrogens (tertiary/aromatic N) is 3. The topological polar surface area (TPSA) is 62.7 Å². The van der Waals surface area contributed by atoms with Crippen molar-refractivity contribution in [1.29, 1.82) is 0 Å².